The minimum absolute atomic E-state index is 0.577. The molecule has 1 aliphatic rings. The van der Waals surface area contributed by atoms with Crippen molar-refractivity contribution in [2.24, 2.45) is 11.8 Å². The molecule has 0 spiro atoms. The van der Waals surface area contributed by atoms with Gasteiger partial charge in [-0.1, -0.05) is 56.7 Å². The number of pyridine rings is 1. The summed E-state index contributed by atoms with van der Waals surface area (Å²) >= 11 is 0. The highest BCUT2D eigenvalue weighted by atomic mass is 15.1. The van der Waals surface area contributed by atoms with Crippen LogP contribution >= 0.6 is 0 Å². The number of allylic oxidation sites excluding steroid dienone is 4. The molecule has 0 bridgehead atoms. The van der Waals surface area contributed by atoms with E-state index in [0.717, 1.165) is 26.2 Å². The summed E-state index contributed by atoms with van der Waals surface area (Å²) in [7, 11) is 0. The van der Waals surface area contributed by atoms with Crippen LogP contribution < -0.4 is 0 Å². The largest absolute Gasteiger partial charge is 0.340 e. The average molecular weight is 414 g/mol. The molecule has 0 fully saturated rings. The molecular formula is C28H35N3. The summed E-state index contributed by atoms with van der Waals surface area (Å²) in [6, 6.07) is 11.1. The van der Waals surface area contributed by atoms with Crippen molar-refractivity contribution in [2.75, 3.05) is 6.54 Å². The Morgan fingerprint density at radius 2 is 1.94 bits per heavy atom. The summed E-state index contributed by atoms with van der Waals surface area (Å²) in [6.07, 6.45) is 10.7. The normalized spacial score (nSPS) is 18.7. The lowest BCUT2D eigenvalue weighted by Gasteiger charge is -2.25. The molecule has 3 nitrogen and oxygen atoms in total. The summed E-state index contributed by atoms with van der Waals surface area (Å²) in [4.78, 5) is 6.81. The van der Waals surface area contributed by atoms with E-state index in [2.05, 4.69) is 91.6 Å². The molecule has 0 saturated heterocycles. The number of benzene rings is 1. The lowest BCUT2D eigenvalue weighted by molar-refractivity contribution is 0.271. The Kier molecular flexibility index (Phi) is 6.43. The van der Waals surface area contributed by atoms with Gasteiger partial charge >= 0.3 is 0 Å². The molecule has 2 atom stereocenters. The van der Waals surface area contributed by atoms with Crippen LogP contribution in [0.15, 0.2) is 66.5 Å². The quantitative estimate of drug-likeness (QED) is 0.444. The molecule has 2 unspecified atom stereocenters. The van der Waals surface area contributed by atoms with E-state index >= 15 is 0 Å². The van der Waals surface area contributed by atoms with E-state index in [-0.39, 0.29) is 0 Å². The Bertz CT molecular complexity index is 1100. The van der Waals surface area contributed by atoms with E-state index in [4.69, 9.17) is 0 Å². The molecule has 2 heterocycles. The second-order valence-electron chi connectivity index (χ2n) is 9.11. The summed E-state index contributed by atoms with van der Waals surface area (Å²) in [5.74, 6) is 1.17. The second kappa shape index (κ2) is 9.23. The minimum atomic E-state index is 0.577. The molecule has 31 heavy (non-hydrogen) atoms. The number of aryl methyl sites for hydroxylation is 1. The van der Waals surface area contributed by atoms with Gasteiger partial charge in [0, 0.05) is 48.6 Å². The zero-order valence-corrected chi connectivity index (χ0v) is 19.6. The maximum Gasteiger partial charge on any atom is 0.0489 e. The first-order valence-corrected chi connectivity index (χ1v) is 11.5. The zero-order chi connectivity index (χ0) is 22.0. The van der Waals surface area contributed by atoms with Crippen LogP contribution in [0.5, 0.6) is 0 Å². The van der Waals surface area contributed by atoms with Gasteiger partial charge in [0.15, 0.2) is 0 Å². The summed E-state index contributed by atoms with van der Waals surface area (Å²) in [6.45, 7) is 15.3. The van der Waals surface area contributed by atoms with E-state index < -0.39 is 0 Å². The number of hydrogen-bond acceptors (Lipinski definition) is 2. The highest BCUT2D eigenvalue weighted by Gasteiger charge is 2.21. The first-order valence-electron chi connectivity index (χ1n) is 11.5. The Labute approximate surface area is 187 Å². The third kappa shape index (κ3) is 4.52. The van der Waals surface area contributed by atoms with Gasteiger partial charge in [0.2, 0.25) is 0 Å². The fourth-order valence-corrected chi connectivity index (χ4v) is 4.71. The van der Waals surface area contributed by atoms with Crippen molar-refractivity contribution in [1.29, 1.82) is 0 Å². The van der Waals surface area contributed by atoms with Crippen LogP contribution in [-0.2, 0) is 19.6 Å². The van der Waals surface area contributed by atoms with Gasteiger partial charge in [0.05, 0.1) is 0 Å². The van der Waals surface area contributed by atoms with Gasteiger partial charge in [-0.15, -0.1) is 0 Å². The number of nitrogens with zero attached hydrogens (tertiary/aromatic N) is 3. The van der Waals surface area contributed by atoms with Gasteiger partial charge in [-0.25, -0.2) is 0 Å². The van der Waals surface area contributed by atoms with E-state index in [0.29, 0.717) is 11.8 Å². The summed E-state index contributed by atoms with van der Waals surface area (Å²) in [5.41, 5.74) is 8.31. The van der Waals surface area contributed by atoms with Crippen LogP contribution in [0.1, 0.15) is 43.2 Å². The zero-order valence-electron chi connectivity index (χ0n) is 19.6. The fourth-order valence-electron chi connectivity index (χ4n) is 4.71. The lowest BCUT2D eigenvalue weighted by Crippen LogP contribution is -2.23. The molecular weight excluding hydrogens is 378 g/mol. The van der Waals surface area contributed by atoms with E-state index in [1.165, 1.54) is 38.9 Å². The Balaban J connectivity index is 1.70. The number of aromatic nitrogens is 2. The molecule has 0 radical (unpaired) electrons. The van der Waals surface area contributed by atoms with Gasteiger partial charge in [0.1, 0.15) is 0 Å². The molecule has 2 aromatic heterocycles. The van der Waals surface area contributed by atoms with Crippen molar-refractivity contribution < 1.29 is 0 Å². The predicted octanol–water partition coefficient (Wildman–Crippen LogP) is 6.44. The van der Waals surface area contributed by atoms with Crippen molar-refractivity contribution in [2.45, 2.75) is 54.3 Å². The number of hydrogen-bond donors (Lipinski definition) is 0. The Morgan fingerprint density at radius 1 is 1.10 bits per heavy atom. The molecule has 3 heteroatoms. The van der Waals surface area contributed by atoms with Gasteiger partial charge in [-0.05, 0) is 67.1 Å². The van der Waals surface area contributed by atoms with Crippen molar-refractivity contribution in [3.8, 4) is 0 Å². The fraction of sp³-hybridized carbons (Fsp3) is 0.393. The third-order valence-electron chi connectivity index (χ3n) is 7.01. The van der Waals surface area contributed by atoms with Crippen molar-refractivity contribution in [1.82, 2.24) is 14.5 Å². The van der Waals surface area contributed by atoms with Crippen LogP contribution in [-0.4, -0.2) is 21.0 Å². The third-order valence-corrected chi connectivity index (χ3v) is 7.01. The van der Waals surface area contributed by atoms with Crippen molar-refractivity contribution >= 4 is 10.9 Å². The summed E-state index contributed by atoms with van der Waals surface area (Å²) in [5, 5.41) is 1.40. The molecule has 1 aliphatic carbocycles. The lowest BCUT2D eigenvalue weighted by atomic mass is 9.85. The van der Waals surface area contributed by atoms with Crippen molar-refractivity contribution in [3.63, 3.8) is 0 Å². The van der Waals surface area contributed by atoms with Crippen LogP contribution in [0.2, 0.25) is 0 Å². The van der Waals surface area contributed by atoms with E-state index in [1.54, 1.807) is 0 Å². The van der Waals surface area contributed by atoms with Crippen LogP contribution in [0, 0.1) is 25.7 Å². The Morgan fingerprint density at radius 3 is 2.68 bits per heavy atom. The molecule has 162 valence electrons. The number of fused-ring (bicyclic) bond motifs is 1. The van der Waals surface area contributed by atoms with Crippen LogP contribution in [0.25, 0.3) is 10.9 Å². The molecule has 0 N–H and O–H groups in total. The average Bonchev–Trinajstić information content (AvgIpc) is 3.02. The van der Waals surface area contributed by atoms with Crippen LogP contribution in [0.4, 0.5) is 0 Å². The van der Waals surface area contributed by atoms with E-state index in [9.17, 15) is 0 Å². The molecule has 0 amide bonds. The number of rotatable bonds is 7. The Hall–Kier alpha value is -2.65. The van der Waals surface area contributed by atoms with E-state index in [1.807, 2.05) is 18.5 Å². The monoisotopic (exact) mass is 413 g/mol. The smallest absolute Gasteiger partial charge is 0.0489 e. The maximum atomic E-state index is 4.30. The highest BCUT2D eigenvalue weighted by Crippen LogP contribution is 2.32. The molecule has 4 rings (SSSR count). The van der Waals surface area contributed by atoms with Crippen LogP contribution in [0.3, 0.4) is 0 Å². The maximum absolute atomic E-state index is 4.30. The van der Waals surface area contributed by atoms with Gasteiger partial charge in [-0.2, -0.15) is 0 Å². The van der Waals surface area contributed by atoms with Gasteiger partial charge in [0.25, 0.3) is 0 Å². The first kappa shape index (κ1) is 21.6. The molecule has 0 saturated carbocycles. The van der Waals surface area contributed by atoms with Crippen molar-refractivity contribution in [3.05, 3.63) is 88.9 Å². The van der Waals surface area contributed by atoms with Gasteiger partial charge in [-0.3, -0.25) is 9.88 Å². The topological polar surface area (TPSA) is 21.1 Å². The molecule has 1 aromatic carbocycles. The molecule has 3 aromatic rings. The highest BCUT2D eigenvalue weighted by molar-refractivity contribution is 5.86. The minimum Gasteiger partial charge on any atom is -0.340 e. The second-order valence-corrected chi connectivity index (χ2v) is 9.11. The first-order chi connectivity index (χ1) is 15.0. The standard InChI is InChI=1S/C28H35N3/c1-6-30(17-24-10-8-14-29-16-24)19-27-23(5)31(28-13-12-20(2)15-26(27)28)18-25-11-7-9-21(3)22(25)4/h7-16,21-22H,6,17-19H2,1-5H3. The SMILES string of the molecule is CCN(Cc1cccnc1)Cc1c(C)n(CC2=CC=CC(C)C2C)c2ccc(C)cc12. The molecule has 0 aliphatic heterocycles. The summed E-state index contributed by atoms with van der Waals surface area (Å²) < 4.78 is 2.54. The predicted molar refractivity (Wildman–Crippen MR) is 131 cm³/mol. The van der Waals surface area contributed by atoms with Gasteiger partial charge < -0.3 is 4.57 Å².